The third-order valence-corrected chi connectivity index (χ3v) is 1.97. The number of alkyl halides is 2. The number of carbonyl (C=O) groups excluding carboxylic acids is 1. The molecule has 2 N–H and O–H groups in total. The maximum absolute atomic E-state index is 12.4. The lowest BCUT2D eigenvalue weighted by Gasteiger charge is -2.06. The van der Waals surface area contributed by atoms with Gasteiger partial charge in [-0.2, -0.15) is 0 Å². The van der Waals surface area contributed by atoms with E-state index in [4.69, 9.17) is 17.3 Å². The molecule has 0 fully saturated rings. The minimum absolute atomic E-state index is 0.102. The normalized spacial score (nSPS) is 10.6. The fourth-order valence-corrected chi connectivity index (χ4v) is 1.24. The van der Waals surface area contributed by atoms with Crippen LogP contribution in [0.25, 0.3) is 0 Å². The smallest absolute Gasteiger partial charge is 0.264 e. The fraction of sp³-hybridized carbons (Fsp3) is 0.222. The van der Waals surface area contributed by atoms with Gasteiger partial charge in [-0.05, 0) is 12.1 Å². The molecule has 0 saturated carbocycles. The monoisotopic (exact) mass is 219 g/mol. The predicted octanol–water partition coefficient (Wildman–Crippen LogP) is 2.42. The molecule has 0 radical (unpaired) electrons. The third-order valence-electron chi connectivity index (χ3n) is 1.74. The van der Waals surface area contributed by atoms with Crippen LogP contribution < -0.4 is 5.73 Å². The van der Waals surface area contributed by atoms with Crippen molar-refractivity contribution in [1.82, 2.24) is 0 Å². The van der Waals surface area contributed by atoms with Crippen LogP contribution in [0.1, 0.15) is 22.3 Å². The first-order valence-corrected chi connectivity index (χ1v) is 4.25. The summed E-state index contributed by atoms with van der Waals surface area (Å²) in [5, 5.41) is 0.242. The van der Waals surface area contributed by atoms with Gasteiger partial charge in [-0.3, -0.25) is 4.79 Å². The van der Waals surface area contributed by atoms with Gasteiger partial charge < -0.3 is 5.73 Å². The molecule has 0 aromatic heterocycles. The molecule has 14 heavy (non-hydrogen) atoms. The lowest BCUT2D eigenvalue weighted by Crippen LogP contribution is -2.15. The number of Topliss-reactive ketones (excluding diaryl/α,β-unsaturated/α-hetero) is 1. The molecule has 1 aromatic carbocycles. The van der Waals surface area contributed by atoms with Crippen molar-refractivity contribution in [3.05, 3.63) is 34.3 Å². The highest BCUT2D eigenvalue weighted by atomic mass is 35.5. The number of rotatable bonds is 3. The second-order valence-corrected chi connectivity index (χ2v) is 3.10. The fourth-order valence-electron chi connectivity index (χ4n) is 1.07. The quantitative estimate of drug-likeness (QED) is 0.794. The van der Waals surface area contributed by atoms with E-state index in [0.717, 1.165) is 6.07 Å². The van der Waals surface area contributed by atoms with E-state index >= 15 is 0 Å². The van der Waals surface area contributed by atoms with Gasteiger partial charge in [0.1, 0.15) is 0 Å². The van der Waals surface area contributed by atoms with Crippen molar-refractivity contribution in [3.63, 3.8) is 0 Å². The SMILES string of the molecule is NCC(=O)c1cc(Cl)ccc1C(F)F. The molecule has 0 aliphatic rings. The Morgan fingerprint density at radius 3 is 2.64 bits per heavy atom. The number of nitrogens with two attached hydrogens (primary N) is 1. The predicted molar refractivity (Wildman–Crippen MR) is 49.8 cm³/mol. The molecule has 0 heterocycles. The summed E-state index contributed by atoms with van der Waals surface area (Å²) in [6, 6.07) is 3.66. The molecule has 5 heteroatoms. The van der Waals surface area contributed by atoms with E-state index in [-0.39, 0.29) is 22.7 Å². The molecule has 0 aliphatic heterocycles. The van der Waals surface area contributed by atoms with Crippen LogP contribution in [0.5, 0.6) is 0 Å². The van der Waals surface area contributed by atoms with Crippen LogP contribution >= 0.6 is 11.6 Å². The Bertz CT molecular complexity index is 355. The Labute approximate surface area is 84.7 Å². The minimum atomic E-state index is -2.70. The number of benzene rings is 1. The Kier molecular flexibility index (Phi) is 3.55. The summed E-state index contributed by atoms with van der Waals surface area (Å²) in [7, 11) is 0. The highest BCUT2D eigenvalue weighted by Crippen LogP contribution is 2.25. The largest absolute Gasteiger partial charge is 0.324 e. The molecule has 0 bridgehead atoms. The van der Waals surface area contributed by atoms with Crippen molar-refractivity contribution in [2.75, 3.05) is 6.54 Å². The van der Waals surface area contributed by atoms with Crippen molar-refractivity contribution >= 4 is 17.4 Å². The van der Waals surface area contributed by atoms with E-state index in [1.807, 2.05) is 0 Å². The van der Waals surface area contributed by atoms with Crippen molar-refractivity contribution in [2.24, 2.45) is 5.73 Å². The van der Waals surface area contributed by atoms with Gasteiger partial charge in [0, 0.05) is 16.1 Å². The minimum Gasteiger partial charge on any atom is -0.324 e. The standard InChI is InChI=1S/C9H8ClF2NO/c10-5-1-2-6(9(11)12)7(3-5)8(14)4-13/h1-3,9H,4,13H2. The van der Waals surface area contributed by atoms with Gasteiger partial charge in [0.25, 0.3) is 6.43 Å². The number of halogens is 3. The van der Waals surface area contributed by atoms with Crippen molar-refractivity contribution in [3.8, 4) is 0 Å². The van der Waals surface area contributed by atoms with Crippen molar-refractivity contribution in [1.29, 1.82) is 0 Å². The van der Waals surface area contributed by atoms with Crippen molar-refractivity contribution < 1.29 is 13.6 Å². The highest BCUT2D eigenvalue weighted by Gasteiger charge is 2.17. The molecule has 0 unspecified atom stereocenters. The zero-order valence-corrected chi connectivity index (χ0v) is 7.89. The maximum atomic E-state index is 12.4. The number of ketones is 1. The van der Waals surface area contributed by atoms with Crippen LogP contribution in [-0.4, -0.2) is 12.3 Å². The Morgan fingerprint density at radius 2 is 2.14 bits per heavy atom. The van der Waals surface area contributed by atoms with E-state index in [1.54, 1.807) is 0 Å². The van der Waals surface area contributed by atoms with E-state index in [1.165, 1.54) is 12.1 Å². The number of hydrogen-bond acceptors (Lipinski definition) is 2. The van der Waals surface area contributed by atoms with Gasteiger partial charge in [-0.15, -0.1) is 0 Å². The van der Waals surface area contributed by atoms with Crippen LogP contribution in [-0.2, 0) is 0 Å². The first-order chi connectivity index (χ1) is 6.56. The van der Waals surface area contributed by atoms with Crippen LogP contribution in [0.15, 0.2) is 18.2 Å². The van der Waals surface area contributed by atoms with Crippen LogP contribution in [0.3, 0.4) is 0 Å². The van der Waals surface area contributed by atoms with E-state index in [2.05, 4.69) is 0 Å². The summed E-state index contributed by atoms with van der Waals surface area (Å²) in [5.41, 5.74) is 4.65. The van der Waals surface area contributed by atoms with Crippen molar-refractivity contribution in [2.45, 2.75) is 6.43 Å². The molecule has 2 nitrogen and oxygen atoms in total. The van der Waals surface area contributed by atoms with Gasteiger partial charge in [0.05, 0.1) is 6.54 Å². The molecule has 0 amide bonds. The maximum Gasteiger partial charge on any atom is 0.264 e. The van der Waals surface area contributed by atoms with Gasteiger partial charge in [0.2, 0.25) is 0 Å². The van der Waals surface area contributed by atoms with E-state index in [0.29, 0.717) is 0 Å². The molecule has 76 valence electrons. The van der Waals surface area contributed by atoms with E-state index < -0.39 is 12.2 Å². The summed E-state index contributed by atoms with van der Waals surface area (Å²) in [4.78, 5) is 11.2. The first-order valence-electron chi connectivity index (χ1n) is 3.87. The van der Waals surface area contributed by atoms with Gasteiger partial charge >= 0.3 is 0 Å². The van der Waals surface area contributed by atoms with Gasteiger partial charge in [0.15, 0.2) is 5.78 Å². The topological polar surface area (TPSA) is 43.1 Å². The van der Waals surface area contributed by atoms with Crippen LogP contribution in [0.2, 0.25) is 5.02 Å². The van der Waals surface area contributed by atoms with Crippen LogP contribution in [0, 0.1) is 0 Å². The summed E-state index contributed by atoms with van der Waals surface area (Å²) >= 11 is 5.58. The first kappa shape index (κ1) is 11.1. The van der Waals surface area contributed by atoms with E-state index in [9.17, 15) is 13.6 Å². The lowest BCUT2D eigenvalue weighted by molar-refractivity contribution is 0.0987. The number of hydrogen-bond donors (Lipinski definition) is 1. The highest BCUT2D eigenvalue weighted by molar-refractivity contribution is 6.31. The third kappa shape index (κ3) is 2.27. The van der Waals surface area contributed by atoms with Gasteiger partial charge in [-0.1, -0.05) is 17.7 Å². The summed E-state index contributed by atoms with van der Waals surface area (Å²) in [6.07, 6.45) is -2.70. The molecular weight excluding hydrogens is 212 g/mol. The Hall–Kier alpha value is -1.00. The zero-order valence-electron chi connectivity index (χ0n) is 7.14. The zero-order chi connectivity index (χ0) is 10.7. The average molecular weight is 220 g/mol. The molecule has 0 aliphatic carbocycles. The average Bonchev–Trinajstić information content (AvgIpc) is 2.16. The molecule has 0 spiro atoms. The Balaban J connectivity index is 3.22. The molecule has 1 aromatic rings. The lowest BCUT2D eigenvalue weighted by atomic mass is 10.0. The summed E-state index contributed by atoms with van der Waals surface area (Å²) in [6.45, 7) is -0.305. The second-order valence-electron chi connectivity index (χ2n) is 2.66. The molecular formula is C9H8ClF2NO. The molecule has 1 rings (SSSR count). The summed E-state index contributed by atoms with van der Waals surface area (Å²) < 4.78 is 24.8. The number of carbonyl (C=O) groups is 1. The Morgan fingerprint density at radius 1 is 1.50 bits per heavy atom. The molecule has 0 saturated heterocycles. The van der Waals surface area contributed by atoms with Crippen LogP contribution in [0.4, 0.5) is 8.78 Å². The summed E-state index contributed by atoms with van der Waals surface area (Å²) in [5.74, 6) is -0.539. The second kappa shape index (κ2) is 4.48. The molecule has 0 atom stereocenters. The van der Waals surface area contributed by atoms with Gasteiger partial charge in [-0.25, -0.2) is 8.78 Å².